The van der Waals surface area contributed by atoms with Crippen LogP contribution < -0.4 is 0 Å². The summed E-state index contributed by atoms with van der Waals surface area (Å²) in [6.07, 6.45) is -1.87. The fraction of sp³-hybridized carbons (Fsp3) is 1.00. The maximum Gasteiger partial charge on any atom is 0.225 e. The van der Waals surface area contributed by atoms with E-state index in [0.717, 1.165) is 0 Å². The summed E-state index contributed by atoms with van der Waals surface area (Å²) in [5, 5.41) is 8.50. The third kappa shape index (κ3) is 0.894. The van der Waals surface area contributed by atoms with Gasteiger partial charge in [-0.15, -0.1) is 0 Å². The summed E-state index contributed by atoms with van der Waals surface area (Å²) in [5.41, 5.74) is 0. The van der Waals surface area contributed by atoms with Crippen LogP contribution in [0.25, 0.3) is 0 Å². The Morgan fingerprint density at radius 1 is 1.71 bits per heavy atom. The summed E-state index contributed by atoms with van der Waals surface area (Å²) in [7, 11) is 0. The Hall–Kier alpha value is -0.150. The van der Waals surface area contributed by atoms with Crippen molar-refractivity contribution in [2.75, 3.05) is 6.61 Å². The number of hydrogen-bond donors (Lipinski definition) is 1. The predicted octanol–water partition coefficient (Wildman–Crippen LogP) is 0.0632. The first kappa shape index (κ1) is 5.00. The van der Waals surface area contributed by atoms with Gasteiger partial charge < -0.3 is 9.84 Å². The lowest BCUT2D eigenvalue weighted by Crippen LogP contribution is -2.13. The normalized spacial score (nSPS) is 42.0. The third-order valence-corrected chi connectivity index (χ3v) is 0.993. The zero-order valence-electron chi connectivity index (χ0n) is 3.80. The van der Waals surface area contributed by atoms with Crippen molar-refractivity contribution in [3.05, 3.63) is 0 Å². The molecule has 0 aliphatic carbocycles. The molecule has 7 heavy (non-hydrogen) atoms. The number of hydrogen-bond acceptors (Lipinski definition) is 2. The second-order valence-corrected chi connectivity index (χ2v) is 1.58. The molecule has 2 nitrogen and oxygen atoms in total. The Labute approximate surface area is 40.9 Å². The number of halogens is 1. The number of ether oxygens (including phenoxy) is 1. The van der Waals surface area contributed by atoms with Crippen LogP contribution in [0.4, 0.5) is 4.39 Å². The molecule has 0 aromatic carbocycles. The van der Waals surface area contributed by atoms with Crippen LogP contribution in [0, 0.1) is 0 Å². The average molecular weight is 106 g/mol. The minimum Gasteiger partial charge on any atom is -0.387 e. The van der Waals surface area contributed by atoms with E-state index < -0.39 is 12.5 Å². The van der Waals surface area contributed by atoms with Gasteiger partial charge in [0.2, 0.25) is 6.36 Å². The summed E-state index contributed by atoms with van der Waals surface area (Å²) in [5.74, 6) is 0. The van der Waals surface area contributed by atoms with Crippen LogP contribution in [0.1, 0.15) is 6.42 Å². The van der Waals surface area contributed by atoms with Gasteiger partial charge in [-0.25, -0.2) is 4.39 Å². The Balaban J connectivity index is 2.33. The highest BCUT2D eigenvalue weighted by atomic mass is 19.1. The molecular formula is C4H7FO2. The highest BCUT2D eigenvalue weighted by Gasteiger charge is 2.24. The van der Waals surface area contributed by atoms with Gasteiger partial charge in [0.15, 0.2) is 0 Å². The molecule has 1 aliphatic rings. The zero-order valence-corrected chi connectivity index (χ0v) is 3.80. The van der Waals surface area contributed by atoms with Crippen molar-refractivity contribution in [1.82, 2.24) is 0 Å². The van der Waals surface area contributed by atoms with Crippen molar-refractivity contribution in [1.29, 1.82) is 0 Å². The molecule has 0 amide bonds. The molecule has 42 valence electrons. The van der Waals surface area contributed by atoms with E-state index >= 15 is 0 Å². The molecule has 0 aromatic heterocycles. The van der Waals surface area contributed by atoms with Crippen LogP contribution in [0.2, 0.25) is 0 Å². The number of alkyl halides is 1. The van der Waals surface area contributed by atoms with Crippen molar-refractivity contribution >= 4 is 0 Å². The molecule has 1 saturated heterocycles. The van der Waals surface area contributed by atoms with E-state index in [0.29, 0.717) is 13.0 Å². The van der Waals surface area contributed by atoms with Gasteiger partial charge in [-0.3, -0.25) is 0 Å². The fourth-order valence-electron chi connectivity index (χ4n) is 0.543. The first-order valence-electron chi connectivity index (χ1n) is 2.24. The molecule has 1 N–H and O–H groups in total. The molecule has 1 heterocycles. The van der Waals surface area contributed by atoms with Crippen LogP contribution >= 0.6 is 0 Å². The van der Waals surface area contributed by atoms with Gasteiger partial charge in [0.05, 0.1) is 6.61 Å². The summed E-state index contributed by atoms with van der Waals surface area (Å²) >= 11 is 0. The van der Waals surface area contributed by atoms with Crippen LogP contribution in [-0.4, -0.2) is 24.2 Å². The zero-order chi connectivity index (χ0) is 5.28. The minimum atomic E-state index is -1.43. The quantitative estimate of drug-likeness (QED) is 0.473. The number of aliphatic hydroxyl groups excluding tert-OH is 1. The molecule has 0 spiro atoms. The topological polar surface area (TPSA) is 29.5 Å². The minimum absolute atomic E-state index is 0.350. The van der Waals surface area contributed by atoms with Gasteiger partial charge in [0.25, 0.3) is 0 Å². The van der Waals surface area contributed by atoms with Crippen molar-refractivity contribution in [3.8, 4) is 0 Å². The van der Waals surface area contributed by atoms with E-state index in [9.17, 15) is 4.39 Å². The van der Waals surface area contributed by atoms with E-state index in [-0.39, 0.29) is 0 Å². The summed E-state index contributed by atoms with van der Waals surface area (Å²) in [6.45, 7) is 0.350. The van der Waals surface area contributed by atoms with Crippen molar-refractivity contribution in [2.24, 2.45) is 0 Å². The predicted molar refractivity (Wildman–Crippen MR) is 21.5 cm³/mol. The van der Waals surface area contributed by atoms with E-state index in [1.807, 2.05) is 0 Å². The maximum absolute atomic E-state index is 11.8. The summed E-state index contributed by atoms with van der Waals surface area (Å²) < 4.78 is 16.2. The van der Waals surface area contributed by atoms with Crippen molar-refractivity contribution < 1.29 is 14.2 Å². The Morgan fingerprint density at radius 2 is 2.43 bits per heavy atom. The van der Waals surface area contributed by atoms with Gasteiger partial charge in [-0.2, -0.15) is 0 Å². The lowest BCUT2D eigenvalue weighted by molar-refractivity contribution is -0.0481. The standard InChI is InChI=1S/C4H7FO2/c5-4-3(6)1-2-7-4/h3-4,6H,1-2H2. The van der Waals surface area contributed by atoms with Gasteiger partial charge in [-0.05, 0) is 0 Å². The van der Waals surface area contributed by atoms with E-state index in [1.165, 1.54) is 0 Å². The van der Waals surface area contributed by atoms with Gasteiger partial charge in [0, 0.05) is 6.42 Å². The van der Waals surface area contributed by atoms with Crippen LogP contribution in [0.3, 0.4) is 0 Å². The van der Waals surface area contributed by atoms with Gasteiger partial charge in [-0.1, -0.05) is 0 Å². The Morgan fingerprint density at radius 3 is 2.57 bits per heavy atom. The highest BCUT2D eigenvalue weighted by molar-refractivity contribution is 4.64. The molecule has 3 heteroatoms. The lowest BCUT2D eigenvalue weighted by atomic mass is 10.3. The third-order valence-electron chi connectivity index (χ3n) is 0.993. The van der Waals surface area contributed by atoms with E-state index in [2.05, 4.69) is 4.74 Å². The van der Waals surface area contributed by atoms with Crippen LogP contribution in [0.5, 0.6) is 0 Å². The van der Waals surface area contributed by atoms with E-state index in [4.69, 9.17) is 5.11 Å². The van der Waals surface area contributed by atoms with Gasteiger partial charge >= 0.3 is 0 Å². The van der Waals surface area contributed by atoms with Crippen molar-refractivity contribution in [2.45, 2.75) is 18.9 Å². The monoisotopic (exact) mass is 106 g/mol. The smallest absolute Gasteiger partial charge is 0.225 e. The molecular weight excluding hydrogens is 99.0 g/mol. The van der Waals surface area contributed by atoms with Crippen LogP contribution in [-0.2, 0) is 4.74 Å². The molecule has 1 aliphatic heterocycles. The summed E-state index contributed by atoms with van der Waals surface area (Å²) in [6, 6.07) is 0. The largest absolute Gasteiger partial charge is 0.387 e. The maximum atomic E-state index is 11.8. The second kappa shape index (κ2) is 1.76. The molecule has 0 saturated carbocycles. The molecule has 1 rings (SSSR count). The van der Waals surface area contributed by atoms with Crippen molar-refractivity contribution in [3.63, 3.8) is 0 Å². The highest BCUT2D eigenvalue weighted by Crippen LogP contribution is 2.12. The lowest BCUT2D eigenvalue weighted by Gasteiger charge is -1.99. The molecule has 0 bridgehead atoms. The first-order chi connectivity index (χ1) is 3.30. The SMILES string of the molecule is OC1CCOC1F. The van der Waals surface area contributed by atoms with Crippen LogP contribution in [0.15, 0.2) is 0 Å². The number of aliphatic hydroxyl groups is 1. The molecule has 1 fully saturated rings. The van der Waals surface area contributed by atoms with Gasteiger partial charge in [0.1, 0.15) is 6.10 Å². The summed E-state index contributed by atoms with van der Waals surface area (Å²) in [4.78, 5) is 0. The molecule has 2 atom stereocenters. The molecule has 2 unspecified atom stereocenters. The Bertz CT molecular complexity index is 58.7. The van der Waals surface area contributed by atoms with E-state index in [1.54, 1.807) is 0 Å². The molecule has 0 aromatic rings. The average Bonchev–Trinajstić information content (AvgIpc) is 1.91. The Kier molecular flexibility index (Phi) is 1.25. The first-order valence-corrected chi connectivity index (χ1v) is 2.24. The second-order valence-electron chi connectivity index (χ2n) is 1.58. The fourth-order valence-corrected chi connectivity index (χ4v) is 0.543. The molecule has 0 radical (unpaired) electrons. The number of rotatable bonds is 0.